The molecule has 3 unspecified atom stereocenters. The van der Waals surface area contributed by atoms with E-state index in [9.17, 15) is 10.1 Å². The van der Waals surface area contributed by atoms with Crippen LogP contribution in [0.25, 0.3) is 0 Å². The first-order valence-corrected chi connectivity index (χ1v) is 9.71. The molecule has 6 nitrogen and oxygen atoms in total. The highest BCUT2D eigenvalue weighted by Gasteiger charge is 2.39. The van der Waals surface area contributed by atoms with Crippen molar-refractivity contribution in [2.24, 2.45) is 0 Å². The van der Waals surface area contributed by atoms with E-state index in [1.807, 2.05) is 25.1 Å². The predicted molar refractivity (Wildman–Crippen MR) is 103 cm³/mol. The van der Waals surface area contributed by atoms with Crippen LogP contribution in [-0.2, 0) is 9.47 Å². The van der Waals surface area contributed by atoms with E-state index < -0.39 is 5.60 Å². The van der Waals surface area contributed by atoms with Gasteiger partial charge in [-0.3, -0.25) is 4.79 Å². The van der Waals surface area contributed by atoms with Gasteiger partial charge in [0, 0.05) is 30.9 Å². The molecule has 1 saturated heterocycles. The van der Waals surface area contributed by atoms with Gasteiger partial charge in [-0.1, -0.05) is 6.07 Å². The van der Waals surface area contributed by atoms with Gasteiger partial charge in [0.15, 0.2) is 6.29 Å². The van der Waals surface area contributed by atoms with E-state index in [0.29, 0.717) is 24.3 Å². The number of nitriles is 1. The topological polar surface area (TPSA) is 73.5 Å². The summed E-state index contributed by atoms with van der Waals surface area (Å²) in [5.74, 6) is 0.682. The van der Waals surface area contributed by atoms with Crippen molar-refractivity contribution < 1.29 is 14.2 Å². The van der Waals surface area contributed by atoms with Crippen molar-refractivity contribution >= 4 is 0 Å². The lowest BCUT2D eigenvalue weighted by Gasteiger charge is -2.41. The average Bonchev–Trinajstić information content (AvgIpc) is 2.73. The smallest absolute Gasteiger partial charge is 0.251 e. The molecule has 3 atom stereocenters. The highest BCUT2D eigenvalue weighted by Crippen LogP contribution is 2.42. The zero-order chi connectivity index (χ0) is 19.6. The third-order valence-electron chi connectivity index (χ3n) is 5.38. The summed E-state index contributed by atoms with van der Waals surface area (Å²) >= 11 is 0. The van der Waals surface area contributed by atoms with Crippen LogP contribution in [0, 0.1) is 11.3 Å². The van der Waals surface area contributed by atoms with E-state index in [0.717, 1.165) is 31.4 Å². The lowest BCUT2D eigenvalue weighted by molar-refractivity contribution is -0.188. The third kappa shape index (κ3) is 3.82. The van der Waals surface area contributed by atoms with Crippen LogP contribution in [0.15, 0.2) is 47.4 Å². The highest BCUT2D eigenvalue weighted by atomic mass is 16.7. The van der Waals surface area contributed by atoms with E-state index in [1.165, 1.54) is 0 Å². The SMILES string of the molecule is CC1(COC2CCCCO2)CC(n2ccccc2=O)c2cc(C#N)ccc2O1. The minimum Gasteiger partial charge on any atom is -0.485 e. The summed E-state index contributed by atoms with van der Waals surface area (Å²) in [4.78, 5) is 12.5. The van der Waals surface area contributed by atoms with Gasteiger partial charge in [0.1, 0.15) is 11.4 Å². The molecule has 0 aliphatic carbocycles. The molecule has 0 radical (unpaired) electrons. The minimum absolute atomic E-state index is 0.0819. The van der Waals surface area contributed by atoms with Crippen LogP contribution in [0.1, 0.15) is 49.8 Å². The van der Waals surface area contributed by atoms with Gasteiger partial charge in [-0.2, -0.15) is 5.26 Å². The molecule has 2 aliphatic rings. The monoisotopic (exact) mass is 380 g/mol. The molecule has 0 amide bonds. The van der Waals surface area contributed by atoms with Gasteiger partial charge in [0.25, 0.3) is 5.56 Å². The van der Waals surface area contributed by atoms with Crippen LogP contribution < -0.4 is 10.3 Å². The van der Waals surface area contributed by atoms with E-state index in [1.54, 1.807) is 29.0 Å². The van der Waals surface area contributed by atoms with Gasteiger partial charge in [0.05, 0.1) is 24.3 Å². The van der Waals surface area contributed by atoms with Gasteiger partial charge < -0.3 is 18.8 Å². The largest absolute Gasteiger partial charge is 0.485 e. The summed E-state index contributed by atoms with van der Waals surface area (Å²) in [6.07, 6.45) is 5.21. The summed E-state index contributed by atoms with van der Waals surface area (Å²) < 4.78 is 19.7. The molecule has 6 heteroatoms. The molecule has 1 aromatic carbocycles. The number of fused-ring (bicyclic) bond motifs is 1. The lowest BCUT2D eigenvalue weighted by Crippen LogP contribution is -2.46. The van der Waals surface area contributed by atoms with Gasteiger partial charge >= 0.3 is 0 Å². The molecular weight excluding hydrogens is 356 g/mol. The molecule has 2 aliphatic heterocycles. The van der Waals surface area contributed by atoms with Crippen molar-refractivity contribution in [3.8, 4) is 11.8 Å². The molecule has 146 valence electrons. The molecule has 1 fully saturated rings. The number of aromatic nitrogens is 1. The molecule has 0 saturated carbocycles. The zero-order valence-corrected chi connectivity index (χ0v) is 16.0. The second kappa shape index (κ2) is 7.78. The van der Waals surface area contributed by atoms with Gasteiger partial charge in [-0.25, -0.2) is 0 Å². The van der Waals surface area contributed by atoms with Crippen molar-refractivity contribution in [2.75, 3.05) is 13.2 Å². The Labute approximate surface area is 164 Å². The Bertz CT molecular complexity index is 942. The van der Waals surface area contributed by atoms with Crippen LogP contribution in [0.2, 0.25) is 0 Å². The van der Waals surface area contributed by atoms with Gasteiger partial charge in [0.2, 0.25) is 0 Å². The molecule has 1 aromatic heterocycles. The Kier molecular flexibility index (Phi) is 5.21. The summed E-state index contributed by atoms with van der Waals surface area (Å²) in [5.41, 5.74) is 0.703. The molecule has 3 heterocycles. The minimum atomic E-state index is -0.609. The maximum absolute atomic E-state index is 12.5. The molecule has 2 aromatic rings. The van der Waals surface area contributed by atoms with E-state index >= 15 is 0 Å². The summed E-state index contributed by atoms with van der Waals surface area (Å²) in [6.45, 7) is 3.09. The summed E-state index contributed by atoms with van der Waals surface area (Å²) in [5, 5.41) is 9.29. The number of hydrogen-bond acceptors (Lipinski definition) is 5. The Balaban J connectivity index is 1.65. The van der Waals surface area contributed by atoms with Crippen molar-refractivity contribution in [1.82, 2.24) is 4.57 Å². The molecule has 0 N–H and O–H groups in total. The average molecular weight is 380 g/mol. The number of nitrogens with zero attached hydrogens (tertiary/aromatic N) is 2. The lowest BCUT2D eigenvalue weighted by atomic mass is 9.87. The number of hydrogen-bond donors (Lipinski definition) is 0. The molecule has 4 rings (SSSR count). The van der Waals surface area contributed by atoms with Crippen LogP contribution >= 0.6 is 0 Å². The molecule has 28 heavy (non-hydrogen) atoms. The van der Waals surface area contributed by atoms with Crippen molar-refractivity contribution in [3.63, 3.8) is 0 Å². The summed E-state index contributed by atoms with van der Waals surface area (Å²) in [7, 11) is 0. The Morgan fingerprint density at radius 1 is 1.32 bits per heavy atom. The predicted octanol–water partition coefficient (Wildman–Crippen LogP) is 3.39. The van der Waals surface area contributed by atoms with E-state index in [4.69, 9.17) is 14.2 Å². The van der Waals surface area contributed by atoms with Crippen LogP contribution in [-0.4, -0.2) is 29.7 Å². The number of benzene rings is 1. The Morgan fingerprint density at radius 3 is 2.96 bits per heavy atom. The number of pyridine rings is 1. The first-order valence-electron chi connectivity index (χ1n) is 9.71. The maximum Gasteiger partial charge on any atom is 0.251 e. The first-order chi connectivity index (χ1) is 13.6. The third-order valence-corrected chi connectivity index (χ3v) is 5.38. The normalized spacial score (nSPS) is 26.7. The fourth-order valence-corrected chi connectivity index (χ4v) is 3.94. The van der Waals surface area contributed by atoms with Crippen molar-refractivity contribution in [2.45, 2.75) is 50.5 Å². The number of ether oxygens (including phenoxy) is 3. The standard InChI is InChI=1S/C22H24N2O4/c1-22(15-27-21-7-3-5-11-26-21)13-18(24-10-4-2-6-20(24)25)17-12-16(14-23)8-9-19(17)28-22/h2,4,6,8-10,12,18,21H,3,5,7,11,13,15H2,1H3. The molecule has 0 spiro atoms. The molecular formula is C22H24N2O4. The van der Waals surface area contributed by atoms with Crippen LogP contribution in [0.4, 0.5) is 0 Å². The maximum atomic E-state index is 12.5. The summed E-state index contributed by atoms with van der Waals surface area (Å²) in [6, 6.07) is 12.4. The fourth-order valence-electron chi connectivity index (χ4n) is 3.94. The first kappa shape index (κ1) is 18.7. The van der Waals surface area contributed by atoms with Crippen molar-refractivity contribution in [3.05, 3.63) is 64.1 Å². The van der Waals surface area contributed by atoms with Crippen LogP contribution in [0.3, 0.4) is 0 Å². The fraction of sp³-hybridized carbons (Fsp3) is 0.455. The molecule has 0 bridgehead atoms. The van der Waals surface area contributed by atoms with E-state index in [-0.39, 0.29) is 17.9 Å². The van der Waals surface area contributed by atoms with Gasteiger partial charge in [-0.05, 0) is 50.5 Å². The second-order valence-electron chi connectivity index (χ2n) is 7.69. The zero-order valence-electron chi connectivity index (χ0n) is 16.0. The Hall–Kier alpha value is -2.62. The van der Waals surface area contributed by atoms with E-state index in [2.05, 4.69) is 6.07 Å². The quantitative estimate of drug-likeness (QED) is 0.813. The second-order valence-corrected chi connectivity index (χ2v) is 7.69. The van der Waals surface area contributed by atoms with Crippen molar-refractivity contribution in [1.29, 1.82) is 5.26 Å². The van der Waals surface area contributed by atoms with Crippen LogP contribution in [0.5, 0.6) is 5.75 Å². The number of rotatable bonds is 4. The Morgan fingerprint density at radius 2 is 2.21 bits per heavy atom. The highest BCUT2D eigenvalue weighted by molar-refractivity contribution is 5.46. The van der Waals surface area contributed by atoms with Gasteiger partial charge in [-0.15, -0.1) is 0 Å².